The van der Waals surface area contributed by atoms with Crippen molar-refractivity contribution in [2.45, 2.75) is 0 Å². The zero-order valence-corrected chi connectivity index (χ0v) is 12.2. The zero-order valence-electron chi connectivity index (χ0n) is 9.85. The van der Waals surface area contributed by atoms with Gasteiger partial charge in [-0.15, -0.1) is 11.3 Å². The molecule has 0 amide bonds. The molecule has 2 rings (SSSR count). The summed E-state index contributed by atoms with van der Waals surface area (Å²) in [5.74, 6) is 0. The summed E-state index contributed by atoms with van der Waals surface area (Å²) in [6, 6.07) is 7.07. The summed E-state index contributed by atoms with van der Waals surface area (Å²) in [4.78, 5) is 12.0. The number of halogens is 2. The third kappa shape index (κ3) is 2.74. The topological polar surface area (TPSA) is 45.8 Å². The fraction of sp³-hybridized carbons (Fsp3) is 0.0769. The molecule has 0 bridgehead atoms. The van der Waals surface area contributed by atoms with Crippen LogP contribution < -0.4 is 14.8 Å². The van der Waals surface area contributed by atoms with Gasteiger partial charge in [0.1, 0.15) is 4.66 Å². The van der Waals surface area contributed by atoms with Crippen LogP contribution in [0.25, 0.3) is 12.2 Å². The van der Waals surface area contributed by atoms with Crippen molar-refractivity contribution in [2.24, 2.45) is 7.05 Å². The second kappa shape index (κ2) is 5.62. The minimum Gasteiger partial charge on any atom is -0.301 e. The minimum absolute atomic E-state index is 0.178. The van der Waals surface area contributed by atoms with E-state index in [0.29, 0.717) is 24.8 Å². The van der Waals surface area contributed by atoms with Gasteiger partial charge in [-0.25, -0.2) is 0 Å². The predicted octanol–water partition coefficient (Wildman–Crippen LogP) is 1.89. The Morgan fingerprint density at radius 3 is 2.58 bits per heavy atom. The van der Waals surface area contributed by atoms with Gasteiger partial charge in [-0.2, -0.15) is 5.26 Å². The van der Waals surface area contributed by atoms with Gasteiger partial charge in [0.15, 0.2) is 0 Å². The van der Waals surface area contributed by atoms with E-state index in [2.05, 4.69) is 0 Å². The highest BCUT2D eigenvalue weighted by Crippen LogP contribution is 2.24. The Labute approximate surface area is 123 Å². The summed E-state index contributed by atoms with van der Waals surface area (Å²) in [5.41, 5.74) is 0.427. The number of hydrogen-bond acceptors (Lipinski definition) is 3. The van der Waals surface area contributed by atoms with Crippen LogP contribution in [-0.2, 0) is 7.05 Å². The molecule has 6 heteroatoms. The van der Waals surface area contributed by atoms with E-state index >= 15 is 0 Å². The van der Waals surface area contributed by atoms with E-state index in [0.717, 1.165) is 0 Å². The third-order valence-electron chi connectivity index (χ3n) is 2.52. The minimum atomic E-state index is -0.178. The summed E-state index contributed by atoms with van der Waals surface area (Å²) in [6.45, 7) is 0. The van der Waals surface area contributed by atoms with Gasteiger partial charge in [0.25, 0.3) is 5.56 Å². The van der Waals surface area contributed by atoms with Crippen LogP contribution >= 0.6 is 34.5 Å². The lowest BCUT2D eigenvalue weighted by molar-refractivity contribution is 0.857. The molecule has 0 unspecified atom stereocenters. The van der Waals surface area contributed by atoms with Crippen molar-refractivity contribution >= 4 is 46.7 Å². The van der Waals surface area contributed by atoms with Crippen LogP contribution in [0.4, 0.5) is 0 Å². The molecule has 0 aliphatic heterocycles. The molecule has 0 aliphatic rings. The van der Waals surface area contributed by atoms with Crippen LogP contribution in [0.15, 0.2) is 23.0 Å². The van der Waals surface area contributed by atoms with Crippen molar-refractivity contribution in [1.29, 1.82) is 5.26 Å². The van der Waals surface area contributed by atoms with Gasteiger partial charge in [0, 0.05) is 28.7 Å². The van der Waals surface area contributed by atoms with Gasteiger partial charge < -0.3 is 4.57 Å². The highest BCUT2D eigenvalue weighted by molar-refractivity contribution is 7.07. The monoisotopic (exact) mass is 310 g/mol. The van der Waals surface area contributed by atoms with E-state index in [1.165, 1.54) is 22.0 Å². The second-order valence-corrected chi connectivity index (χ2v) is 5.60. The maximum absolute atomic E-state index is 12.0. The molecule has 0 saturated carbocycles. The Morgan fingerprint density at radius 2 is 2.00 bits per heavy atom. The lowest BCUT2D eigenvalue weighted by Crippen LogP contribution is -2.28. The van der Waals surface area contributed by atoms with Gasteiger partial charge in [0.2, 0.25) is 0 Å². The van der Waals surface area contributed by atoms with E-state index in [4.69, 9.17) is 28.5 Å². The van der Waals surface area contributed by atoms with E-state index < -0.39 is 0 Å². The van der Waals surface area contributed by atoms with Crippen molar-refractivity contribution in [1.82, 2.24) is 4.57 Å². The van der Waals surface area contributed by atoms with Crippen molar-refractivity contribution in [2.75, 3.05) is 0 Å². The molecule has 0 atom stereocenters. The highest BCUT2D eigenvalue weighted by atomic mass is 35.5. The first kappa shape index (κ1) is 13.9. The van der Waals surface area contributed by atoms with Gasteiger partial charge in [-0.3, -0.25) is 4.79 Å². The summed E-state index contributed by atoms with van der Waals surface area (Å²) < 4.78 is 2.49. The van der Waals surface area contributed by atoms with Crippen LogP contribution in [0.3, 0.4) is 0 Å². The molecule has 0 N–H and O–H groups in total. The largest absolute Gasteiger partial charge is 0.301 e. The standard InChI is InChI=1S/C13H8Cl2N2OS/c1-17-12(5-6-16)19-11(13(17)18)7-8-9(14)3-2-4-10(8)15/h2-5,7H,1H3/b11-7+,12-5-. The second-order valence-electron chi connectivity index (χ2n) is 3.72. The number of hydrogen-bond donors (Lipinski definition) is 0. The molecule has 2 aromatic rings. The molecule has 1 aromatic heterocycles. The lowest BCUT2D eigenvalue weighted by atomic mass is 10.2. The van der Waals surface area contributed by atoms with Crippen LogP contribution in [0.5, 0.6) is 0 Å². The molecular formula is C13H8Cl2N2OS. The van der Waals surface area contributed by atoms with Crippen molar-refractivity contribution in [3.05, 3.63) is 53.4 Å². The number of rotatable bonds is 1. The maximum atomic E-state index is 12.0. The van der Waals surface area contributed by atoms with Crippen molar-refractivity contribution in [3.63, 3.8) is 0 Å². The molecule has 0 spiro atoms. The molecular weight excluding hydrogens is 303 g/mol. The SMILES string of the molecule is Cn1c(=O)/c(=C\c2c(Cl)cccc2Cl)s/c1=C\C#N. The number of thiazole rings is 1. The molecule has 1 heterocycles. The van der Waals surface area contributed by atoms with Gasteiger partial charge in [0.05, 0.1) is 10.6 Å². The summed E-state index contributed by atoms with van der Waals surface area (Å²) in [7, 11) is 1.62. The molecule has 0 aliphatic carbocycles. The van der Waals surface area contributed by atoms with Gasteiger partial charge >= 0.3 is 0 Å². The van der Waals surface area contributed by atoms with Gasteiger partial charge in [-0.1, -0.05) is 29.3 Å². The first-order valence-electron chi connectivity index (χ1n) is 5.26. The Bertz CT molecular complexity index is 823. The average molecular weight is 311 g/mol. The van der Waals surface area contributed by atoms with Crippen LogP contribution in [0.2, 0.25) is 10.0 Å². The molecule has 0 fully saturated rings. The number of benzene rings is 1. The Kier molecular flexibility index (Phi) is 4.11. The Morgan fingerprint density at radius 1 is 1.37 bits per heavy atom. The van der Waals surface area contributed by atoms with E-state index in [1.807, 2.05) is 6.07 Å². The highest BCUT2D eigenvalue weighted by Gasteiger charge is 2.05. The molecule has 19 heavy (non-hydrogen) atoms. The Balaban J connectivity index is 2.77. The van der Waals surface area contributed by atoms with Crippen LogP contribution in [0, 0.1) is 11.3 Å². The molecule has 0 saturated heterocycles. The van der Waals surface area contributed by atoms with Crippen LogP contribution in [-0.4, -0.2) is 4.57 Å². The number of aromatic nitrogens is 1. The van der Waals surface area contributed by atoms with Crippen LogP contribution in [0.1, 0.15) is 5.56 Å². The van der Waals surface area contributed by atoms with E-state index in [9.17, 15) is 4.79 Å². The molecule has 0 radical (unpaired) electrons. The van der Waals surface area contributed by atoms with Crippen molar-refractivity contribution < 1.29 is 0 Å². The molecule has 3 nitrogen and oxygen atoms in total. The Hall–Kier alpha value is -1.54. The van der Waals surface area contributed by atoms with E-state index in [-0.39, 0.29) is 5.56 Å². The fourth-order valence-electron chi connectivity index (χ4n) is 1.54. The van der Waals surface area contributed by atoms with E-state index in [1.54, 1.807) is 31.3 Å². The molecule has 96 valence electrons. The zero-order chi connectivity index (χ0) is 14.0. The lowest BCUT2D eigenvalue weighted by Gasteiger charge is -1.99. The first-order valence-corrected chi connectivity index (χ1v) is 6.83. The molecule has 1 aromatic carbocycles. The summed E-state index contributed by atoms with van der Waals surface area (Å²) in [5, 5.41) is 9.62. The summed E-state index contributed by atoms with van der Waals surface area (Å²) >= 11 is 13.3. The normalized spacial score (nSPS) is 12.7. The summed E-state index contributed by atoms with van der Waals surface area (Å²) in [6.07, 6.45) is 2.98. The maximum Gasteiger partial charge on any atom is 0.268 e. The van der Waals surface area contributed by atoms with Crippen molar-refractivity contribution in [3.8, 4) is 6.07 Å². The third-order valence-corrected chi connectivity index (χ3v) is 4.30. The predicted molar refractivity (Wildman–Crippen MR) is 78.9 cm³/mol. The first-order chi connectivity index (χ1) is 9.04. The number of nitriles is 1. The smallest absolute Gasteiger partial charge is 0.268 e. The quantitative estimate of drug-likeness (QED) is 0.807. The van der Waals surface area contributed by atoms with Gasteiger partial charge in [-0.05, 0) is 18.2 Å². The average Bonchev–Trinajstić information content (AvgIpc) is 2.63. The fourth-order valence-corrected chi connectivity index (χ4v) is 3.01. The number of nitrogens with zero attached hydrogens (tertiary/aromatic N) is 2.